The lowest BCUT2D eigenvalue weighted by molar-refractivity contribution is 0.595. The molecular weight excluding hydrogens is 290 g/mol. The number of hydrogen-bond donors (Lipinski definition) is 3. The molecular formula is C13H25N5O2S. The van der Waals surface area contributed by atoms with Crippen LogP contribution in [0.4, 0.5) is 11.6 Å². The average Bonchev–Trinajstić information content (AvgIpc) is 2.40. The second-order valence-electron chi connectivity index (χ2n) is 5.23. The minimum Gasteiger partial charge on any atom is -0.370 e. The van der Waals surface area contributed by atoms with Gasteiger partial charge in [-0.1, -0.05) is 20.8 Å². The molecule has 0 aliphatic carbocycles. The van der Waals surface area contributed by atoms with Crippen molar-refractivity contribution in [3.8, 4) is 0 Å². The van der Waals surface area contributed by atoms with Crippen LogP contribution in [0.15, 0.2) is 6.07 Å². The van der Waals surface area contributed by atoms with E-state index in [9.17, 15) is 8.42 Å². The maximum Gasteiger partial charge on any atom is 0.209 e. The highest BCUT2D eigenvalue weighted by molar-refractivity contribution is 7.89. The van der Waals surface area contributed by atoms with Crippen molar-refractivity contribution in [2.45, 2.75) is 39.5 Å². The molecule has 1 aromatic heterocycles. The predicted octanol–water partition coefficient (Wildman–Crippen LogP) is 1.51. The van der Waals surface area contributed by atoms with E-state index in [1.807, 2.05) is 19.9 Å². The van der Waals surface area contributed by atoms with Gasteiger partial charge in [-0.25, -0.2) is 23.5 Å². The number of rotatable bonds is 9. The van der Waals surface area contributed by atoms with Gasteiger partial charge in [0.1, 0.15) is 17.5 Å². The Morgan fingerprint density at radius 1 is 1.19 bits per heavy atom. The topological polar surface area (TPSA) is 110 Å². The first kappa shape index (κ1) is 17.6. The summed E-state index contributed by atoms with van der Waals surface area (Å²) in [6.45, 7) is 7.50. The lowest BCUT2D eigenvalue weighted by Crippen LogP contribution is -2.19. The molecule has 0 bridgehead atoms. The van der Waals surface area contributed by atoms with E-state index in [4.69, 9.17) is 5.14 Å². The van der Waals surface area contributed by atoms with E-state index in [-0.39, 0.29) is 11.7 Å². The fourth-order valence-electron chi connectivity index (χ4n) is 1.65. The molecule has 21 heavy (non-hydrogen) atoms. The quantitative estimate of drug-likeness (QED) is 0.596. The van der Waals surface area contributed by atoms with Gasteiger partial charge in [0.05, 0.1) is 5.75 Å². The van der Waals surface area contributed by atoms with E-state index in [0.717, 1.165) is 24.6 Å². The van der Waals surface area contributed by atoms with Gasteiger partial charge in [0, 0.05) is 25.1 Å². The third-order valence-electron chi connectivity index (χ3n) is 2.73. The summed E-state index contributed by atoms with van der Waals surface area (Å²) in [6.07, 6.45) is 1.45. The van der Waals surface area contributed by atoms with E-state index in [1.165, 1.54) is 0 Å². The maximum absolute atomic E-state index is 10.9. The Kier molecular flexibility index (Phi) is 6.83. The molecule has 0 amide bonds. The van der Waals surface area contributed by atoms with E-state index in [0.29, 0.717) is 18.8 Å². The van der Waals surface area contributed by atoms with Crippen LogP contribution < -0.4 is 15.8 Å². The third kappa shape index (κ3) is 7.24. The van der Waals surface area contributed by atoms with Crippen molar-refractivity contribution >= 4 is 21.7 Å². The van der Waals surface area contributed by atoms with Crippen LogP contribution in [0.2, 0.25) is 0 Å². The van der Waals surface area contributed by atoms with Crippen molar-refractivity contribution in [2.75, 3.05) is 29.5 Å². The van der Waals surface area contributed by atoms with Crippen LogP contribution in [0.25, 0.3) is 0 Å². The highest BCUT2D eigenvalue weighted by Crippen LogP contribution is 2.17. The standard InChI is InChI=1S/C13H25N5O2S/c1-4-6-15-11-9-12(18-13(17-11)10(2)3)16-7-5-8-21(14,19)20/h9-10H,4-8H2,1-3H3,(H2,14,19,20)(H2,15,16,17,18). The van der Waals surface area contributed by atoms with Crippen LogP contribution in [0.5, 0.6) is 0 Å². The summed E-state index contributed by atoms with van der Waals surface area (Å²) in [7, 11) is -3.41. The second-order valence-corrected chi connectivity index (χ2v) is 6.96. The van der Waals surface area contributed by atoms with Crippen molar-refractivity contribution in [3.63, 3.8) is 0 Å². The summed E-state index contributed by atoms with van der Waals surface area (Å²) in [6, 6.07) is 1.83. The number of sulfonamides is 1. The van der Waals surface area contributed by atoms with Gasteiger partial charge in [-0.05, 0) is 12.8 Å². The summed E-state index contributed by atoms with van der Waals surface area (Å²) in [5.41, 5.74) is 0. The smallest absolute Gasteiger partial charge is 0.209 e. The Hall–Kier alpha value is -1.41. The van der Waals surface area contributed by atoms with Crippen LogP contribution in [-0.2, 0) is 10.0 Å². The highest BCUT2D eigenvalue weighted by atomic mass is 32.2. The first-order chi connectivity index (χ1) is 9.81. The van der Waals surface area contributed by atoms with Gasteiger partial charge in [0.15, 0.2) is 0 Å². The summed E-state index contributed by atoms with van der Waals surface area (Å²) in [5.74, 6) is 2.41. The van der Waals surface area contributed by atoms with Crippen molar-refractivity contribution in [1.82, 2.24) is 9.97 Å². The fraction of sp³-hybridized carbons (Fsp3) is 0.692. The highest BCUT2D eigenvalue weighted by Gasteiger charge is 2.08. The van der Waals surface area contributed by atoms with Gasteiger partial charge in [-0.2, -0.15) is 0 Å². The fourth-order valence-corrected chi connectivity index (χ4v) is 2.19. The predicted molar refractivity (Wildman–Crippen MR) is 86.0 cm³/mol. The molecule has 0 saturated heterocycles. The molecule has 0 aromatic carbocycles. The Morgan fingerprint density at radius 3 is 2.24 bits per heavy atom. The van der Waals surface area contributed by atoms with E-state index in [2.05, 4.69) is 27.5 Å². The van der Waals surface area contributed by atoms with Gasteiger partial charge in [-0.15, -0.1) is 0 Å². The van der Waals surface area contributed by atoms with Crippen molar-refractivity contribution < 1.29 is 8.42 Å². The van der Waals surface area contributed by atoms with Crippen molar-refractivity contribution in [2.24, 2.45) is 5.14 Å². The molecule has 1 heterocycles. The molecule has 120 valence electrons. The van der Waals surface area contributed by atoms with E-state index in [1.54, 1.807) is 0 Å². The molecule has 0 atom stereocenters. The summed E-state index contributed by atoms with van der Waals surface area (Å²) in [5, 5.41) is 11.3. The molecule has 4 N–H and O–H groups in total. The zero-order valence-electron chi connectivity index (χ0n) is 12.9. The molecule has 0 aliphatic rings. The van der Waals surface area contributed by atoms with E-state index >= 15 is 0 Å². The Morgan fingerprint density at radius 2 is 1.76 bits per heavy atom. The average molecular weight is 315 g/mol. The molecule has 0 aliphatic heterocycles. The molecule has 0 radical (unpaired) electrons. The number of hydrogen-bond acceptors (Lipinski definition) is 6. The number of nitrogens with one attached hydrogen (secondary N) is 2. The van der Waals surface area contributed by atoms with Gasteiger partial charge >= 0.3 is 0 Å². The van der Waals surface area contributed by atoms with Crippen molar-refractivity contribution in [3.05, 3.63) is 11.9 Å². The van der Waals surface area contributed by atoms with Crippen molar-refractivity contribution in [1.29, 1.82) is 0 Å². The van der Waals surface area contributed by atoms with Crippen LogP contribution in [0, 0.1) is 0 Å². The summed E-state index contributed by atoms with van der Waals surface area (Å²) in [4.78, 5) is 8.89. The number of anilines is 2. The molecule has 0 spiro atoms. The summed E-state index contributed by atoms with van der Waals surface area (Å²) < 4.78 is 21.7. The first-order valence-corrected chi connectivity index (χ1v) is 8.90. The minimum atomic E-state index is -3.41. The molecule has 1 rings (SSSR count). The van der Waals surface area contributed by atoms with Crippen LogP contribution in [0.1, 0.15) is 45.4 Å². The molecule has 0 unspecified atom stereocenters. The first-order valence-electron chi connectivity index (χ1n) is 7.19. The SMILES string of the molecule is CCCNc1cc(NCCCS(N)(=O)=O)nc(C(C)C)n1. The molecule has 0 fully saturated rings. The normalized spacial score (nSPS) is 11.7. The molecule has 7 nitrogen and oxygen atoms in total. The van der Waals surface area contributed by atoms with Gasteiger partial charge < -0.3 is 10.6 Å². The lowest BCUT2D eigenvalue weighted by atomic mass is 10.2. The minimum absolute atomic E-state index is 0.0386. The Labute approximate surface area is 126 Å². The second kappa shape index (κ2) is 8.14. The van der Waals surface area contributed by atoms with Gasteiger partial charge in [0.2, 0.25) is 10.0 Å². The monoisotopic (exact) mass is 315 g/mol. The zero-order chi connectivity index (χ0) is 15.9. The number of aromatic nitrogens is 2. The van der Waals surface area contributed by atoms with Crippen LogP contribution >= 0.6 is 0 Å². The molecule has 1 aromatic rings. The molecule has 0 saturated carbocycles. The third-order valence-corrected chi connectivity index (χ3v) is 3.59. The van der Waals surface area contributed by atoms with Crippen LogP contribution in [-0.4, -0.2) is 37.2 Å². The Balaban J connectivity index is 2.69. The molecule has 8 heteroatoms. The maximum atomic E-state index is 10.9. The van der Waals surface area contributed by atoms with Gasteiger partial charge in [0.25, 0.3) is 0 Å². The van der Waals surface area contributed by atoms with Crippen LogP contribution in [0.3, 0.4) is 0 Å². The van der Waals surface area contributed by atoms with E-state index < -0.39 is 10.0 Å². The largest absolute Gasteiger partial charge is 0.370 e. The Bertz CT molecular complexity index is 545. The van der Waals surface area contributed by atoms with Gasteiger partial charge in [-0.3, -0.25) is 0 Å². The zero-order valence-corrected chi connectivity index (χ0v) is 13.7. The number of nitrogens with two attached hydrogens (primary N) is 1. The summed E-state index contributed by atoms with van der Waals surface area (Å²) >= 11 is 0. The number of nitrogens with zero attached hydrogens (tertiary/aromatic N) is 2. The number of primary sulfonamides is 1. The lowest BCUT2D eigenvalue weighted by Gasteiger charge is -2.12.